The van der Waals surface area contributed by atoms with Crippen LogP contribution < -0.4 is 5.32 Å². The number of nitrogens with one attached hydrogen (secondary N) is 1. The molecule has 1 aromatic rings. The van der Waals surface area contributed by atoms with Crippen LogP contribution in [0.25, 0.3) is 0 Å². The predicted molar refractivity (Wildman–Crippen MR) is 119 cm³/mol. The summed E-state index contributed by atoms with van der Waals surface area (Å²) in [4.78, 5) is 18.1. The van der Waals surface area contributed by atoms with Crippen molar-refractivity contribution >= 4 is 5.91 Å². The summed E-state index contributed by atoms with van der Waals surface area (Å²) in [5.41, 5.74) is 1.44. The van der Waals surface area contributed by atoms with E-state index in [1.165, 1.54) is 83.1 Å². The van der Waals surface area contributed by atoms with Crippen LogP contribution in [-0.4, -0.2) is 60.5 Å². The lowest BCUT2D eigenvalue weighted by molar-refractivity contribution is -0.128. The molecule has 2 aliphatic heterocycles. The van der Waals surface area contributed by atoms with E-state index in [0.717, 1.165) is 19.4 Å². The van der Waals surface area contributed by atoms with Gasteiger partial charge in [-0.3, -0.25) is 9.69 Å². The Morgan fingerprint density at radius 3 is 2.41 bits per heavy atom. The number of piperidine rings is 2. The molecule has 0 bridgehead atoms. The van der Waals surface area contributed by atoms with Crippen molar-refractivity contribution in [2.24, 2.45) is 5.92 Å². The van der Waals surface area contributed by atoms with Gasteiger partial charge >= 0.3 is 0 Å². The summed E-state index contributed by atoms with van der Waals surface area (Å²) in [5, 5.41) is 3.38. The van der Waals surface area contributed by atoms with Gasteiger partial charge in [-0.1, -0.05) is 49.6 Å². The molecule has 160 valence electrons. The Kier molecular flexibility index (Phi) is 7.61. The summed E-state index contributed by atoms with van der Waals surface area (Å²) >= 11 is 0. The molecular weight excluding hydrogens is 358 g/mol. The van der Waals surface area contributed by atoms with Crippen molar-refractivity contribution in [2.75, 3.05) is 32.7 Å². The minimum absolute atomic E-state index is 0.210. The van der Waals surface area contributed by atoms with Gasteiger partial charge in [0.25, 0.3) is 0 Å². The lowest BCUT2D eigenvalue weighted by Crippen LogP contribution is -2.51. The van der Waals surface area contributed by atoms with Gasteiger partial charge in [-0.25, -0.2) is 0 Å². The Morgan fingerprint density at radius 1 is 0.897 bits per heavy atom. The van der Waals surface area contributed by atoms with E-state index in [1.54, 1.807) is 0 Å². The number of hydrogen-bond acceptors (Lipinski definition) is 3. The van der Waals surface area contributed by atoms with Crippen molar-refractivity contribution < 1.29 is 4.79 Å². The van der Waals surface area contributed by atoms with E-state index in [2.05, 4.69) is 45.4 Å². The molecule has 2 saturated heterocycles. The van der Waals surface area contributed by atoms with E-state index in [1.807, 2.05) is 0 Å². The molecule has 1 atom stereocenters. The van der Waals surface area contributed by atoms with E-state index >= 15 is 0 Å². The Morgan fingerprint density at radius 2 is 1.66 bits per heavy atom. The predicted octanol–water partition coefficient (Wildman–Crippen LogP) is 3.85. The van der Waals surface area contributed by atoms with Gasteiger partial charge < -0.3 is 10.2 Å². The fourth-order valence-electron chi connectivity index (χ4n) is 5.56. The second kappa shape index (κ2) is 10.6. The van der Waals surface area contributed by atoms with Crippen LogP contribution in [0, 0.1) is 5.92 Å². The number of rotatable bonds is 6. The maximum absolute atomic E-state index is 12.8. The summed E-state index contributed by atoms with van der Waals surface area (Å²) in [5.74, 6) is 0.545. The molecule has 4 rings (SSSR count). The first-order valence-corrected chi connectivity index (χ1v) is 12.1. The average Bonchev–Trinajstić information content (AvgIpc) is 2.79. The summed E-state index contributed by atoms with van der Waals surface area (Å²) in [7, 11) is 0. The highest BCUT2D eigenvalue weighted by Gasteiger charge is 2.32. The second-order valence-electron chi connectivity index (χ2n) is 9.49. The highest BCUT2D eigenvalue weighted by atomic mass is 16.2. The molecule has 1 aromatic carbocycles. The lowest BCUT2D eigenvalue weighted by atomic mass is 9.91. The molecule has 1 N–H and O–H groups in total. The van der Waals surface area contributed by atoms with Crippen LogP contribution in [0.3, 0.4) is 0 Å². The van der Waals surface area contributed by atoms with Crippen LogP contribution in [0.15, 0.2) is 30.3 Å². The summed E-state index contributed by atoms with van der Waals surface area (Å²) in [6.07, 6.45) is 12.2. The van der Waals surface area contributed by atoms with E-state index in [0.29, 0.717) is 18.0 Å². The molecule has 1 aliphatic carbocycles. The molecule has 3 aliphatic rings. The van der Waals surface area contributed by atoms with Gasteiger partial charge in [0, 0.05) is 25.2 Å². The Labute approximate surface area is 177 Å². The molecule has 29 heavy (non-hydrogen) atoms. The molecule has 0 radical (unpaired) electrons. The standard InChI is InChI=1S/C25H39N3O/c29-25(26-23-11-5-2-6-12-23)22-10-7-16-28(20-22)24-14-18-27(19-15-24)17-13-21-8-3-1-4-9-21/h1,3-4,8-9,22-24H,2,5-7,10-20H2,(H,26,29)/t22-/m1/s1. The Balaban J connectivity index is 1.19. The summed E-state index contributed by atoms with van der Waals surface area (Å²) < 4.78 is 0. The third-order valence-corrected chi connectivity index (χ3v) is 7.41. The molecule has 2 heterocycles. The first-order chi connectivity index (χ1) is 14.3. The monoisotopic (exact) mass is 397 g/mol. The number of amides is 1. The molecule has 4 nitrogen and oxygen atoms in total. The Bertz CT molecular complexity index is 620. The number of nitrogens with zero attached hydrogens (tertiary/aromatic N) is 2. The van der Waals surface area contributed by atoms with Gasteiger partial charge in [0.05, 0.1) is 5.92 Å². The summed E-state index contributed by atoms with van der Waals surface area (Å²) in [6, 6.07) is 12.0. The van der Waals surface area contributed by atoms with Crippen molar-refractivity contribution in [1.82, 2.24) is 15.1 Å². The van der Waals surface area contributed by atoms with Crippen LogP contribution >= 0.6 is 0 Å². The molecule has 1 saturated carbocycles. The topological polar surface area (TPSA) is 35.6 Å². The Hall–Kier alpha value is -1.39. The number of carbonyl (C=O) groups excluding carboxylic acids is 1. The quantitative estimate of drug-likeness (QED) is 0.792. The number of likely N-dealkylation sites (tertiary alicyclic amines) is 2. The van der Waals surface area contributed by atoms with E-state index in [9.17, 15) is 4.79 Å². The van der Waals surface area contributed by atoms with Crippen LogP contribution in [-0.2, 0) is 11.2 Å². The smallest absolute Gasteiger partial charge is 0.224 e. The maximum atomic E-state index is 12.8. The highest BCUT2D eigenvalue weighted by molar-refractivity contribution is 5.79. The fourth-order valence-corrected chi connectivity index (χ4v) is 5.56. The van der Waals surface area contributed by atoms with Crippen LogP contribution in [0.5, 0.6) is 0 Å². The van der Waals surface area contributed by atoms with Crippen molar-refractivity contribution in [2.45, 2.75) is 76.3 Å². The lowest BCUT2D eigenvalue weighted by Gasteiger charge is -2.42. The maximum Gasteiger partial charge on any atom is 0.224 e. The second-order valence-corrected chi connectivity index (χ2v) is 9.49. The fraction of sp³-hybridized carbons (Fsp3) is 0.720. The van der Waals surface area contributed by atoms with Gasteiger partial charge in [0.1, 0.15) is 0 Å². The number of carbonyl (C=O) groups is 1. The normalized spacial score (nSPS) is 25.7. The molecule has 3 fully saturated rings. The van der Waals surface area contributed by atoms with Gasteiger partial charge in [0.2, 0.25) is 5.91 Å². The molecule has 1 amide bonds. The van der Waals surface area contributed by atoms with E-state index < -0.39 is 0 Å². The first kappa shape index (κ1) is 20.9. The van der Waals surface area contributed by atoms with E-state index in [-0.39, 0.29) is 5.92 Å². The van der Waals surface area contributed by atoms with Crippen LogP contribution in [0.1, 0.15) is 63.4 Å². The molecule has 0 unspecified atom stereocenters. The molecule has 0 aromatic heterocycles. The van der Waals surface area contributed by atoms with E-state index in [4.69, 9.17) is 0 Å². The summed E-state index contributed by atoms with van der Waals surface area (Å²) in [6.45, 7) is 5.73. The zero-order chi connectivity index (χ0) is 19.9. The van der Waals surface area contributed by atoms with Crippen LogP contribution in [0.4, 0.5) is 0 Å². The highest BCUT2D eigenvalue weighted by Crippen LogP contribution is 2.25. The van der Waals surface area contributed by atoms with Crippen LogP contribution in [0.2, 0.25) is 0 Å². The molecule has 4 heteroatoms. The SMILES string of the molecule is O=C(NC1CCCCC1)[C@@H]1CCCN(C2CCN(CCc3ccccc3)CC2)C1. The van der Waals surface area contributed by atoms with Gasteiger partial charge in [0.15, 0.2) is 0 Å². The van der Waals surface area contributed by atoms with Gasteiger partial charge in [-0.05, 0) is 70.1 Å². The third-order valence-electron chi connectivity index (χ3n) is 7.41. The zero-order valence-corrected chi connectivity index (χ0v) is 18.0. The van der Waals surface area contributed by atoms with Gasteiger partial charge in [-0.2, -0.15) is 0 Å². The zero-order valence-electron chi connectivity index (χ0n) is 18.0. The third kappa shape index (κ3) is 6.05. The number of hydrogen-bond donors (Lipinski definition) is 1. The van der Waals surface area contributed by atoms with Crippen molar-refractivity contribution in [3.8, 4) is 0 Å². The number of benzene rings is 1. The molecule has 0 spiro atoms. The average molecular weight is 398 g/mol. The minimum atomic E-state index is 0.210. The molecular formula is C25H39N3O. The first-order valence-electron chi connectivity index (χ1n) is 12.1. The van der Waals surface area contributed by atoms with Crippen molar-refractivity contribution in [3.63, 3.8) is 0 Å². The van der Waals surface area contributed by atoms with Crippen molar-refractivity contribution in [3.05, 3.63) is 35.9 Å². The van der Waals surface area contributed by atoms with Crippen molar-refractivity contribution in [1.29, 1.82) is 0 Å². The largest absolute Gasteiger partial charge is 0.353 e. The van der Waals surface area contributed by atoms with Gasteiger partial charge in [-0.15, -0.1) is 0 Å². The minimum Gasteiger partial charge on any atom is -0.353 e.